The fourth-order valence-electron chi connectivity index (χ4n) is 0.971. The molecular formula is C8H12O2. The lowest BCUT2D eigenvalue weighted by Crippen LogP contribution is -2.35. The lowest BCUT2D eigenvalue weighted by atomic mass is 10.0. The highest BCUT2D eigenvalue weighted by atomic mass is 16.5. The molecule has 0 spiro atoms. The van der Waals surface area contributed by atoms with Crippen molar-refractivity contribution in [3.05, 3.63) is 12.2 Å². The zero-order valence-electron chi connectivity index (χ0n) is 6.55. The van der Waals surface area contributed by atoms with Crippen molar-refractivity contribution in [3.8, 4) is 0 Å². The predicted molar refractivity (Wildman–Crippen MR) is 38.8 cm³/mol. The number of ether oxygens (including phenoxy) is 1. The molecule has 1 heterocycles. The Morgan fingerprint density at radius 2 is 2.20 bits per heavy atom. The van der Waals surface area contributed by atoms with Crippen LogP contribution in [0.25, 0.3) is 0 Å². The van der Waals surface area contributed by atoms with Crippen LogP contribution < -0.4 is 0 Å². The maximum atomic E-state index is 10.9. The first-order valence-electron chi connectivity index (χ1n) is 3.42. The van der Waals surface area contributed by atoms with Crippen LogP contribution in [0.2, 0.25) is 0 Å². The van der Waals surface area contributed by atoms with Gasteiger partial charge in [0.1, 0.15) is 6.10 Å². The van der Waals surface area contributed by atoms with Crippen molar-refractivity contribution in [2.24, 2.45) is 0 Å². The molecule has 2 heteroatoms. The summed E-state index contributed by atoms with van der Waals surface area (Å²) in [5.41, 5.74) is -0.271. The summed E-state index contributed by atoms with van der Waals surface area (Å²) in [5, 5.41) is 0. The number of carbonyl (C=O) groups excluding carboxylic acids is 1. The average molecular weight is 140 g/mol. The molecule has 0 N–H and O–H groups in total. The summed E-state index contributed by atoms with van der Waals surface area (Å²) in [7, 11) is 0. The lowest BCUT2D eigenvalue weighted by Gasteiger charge is -2.28. The van der Waals surface area contributed by atoms with E-state index in [-0.39, 0.29) is 17.5 Å². The van der Waals surface area contributed by atoms with E-state index in [4.69, 9.17) is 4.74 Å². The second kappa shape index (κ2) is 2.20. The largest absolute Gasteiger partial charge is 0.360 e. The first kappa shape index (κ1) is 7.48. The van der Waals surface area contributed by atoms with E-state index in [1.54, 1.807) is 19.1 Å². The summed E-state index contributed by atoms with van der Waals surface area (Å²) in [6.45, 7) is 5.65. The van der Waals surface area contributed by atoms with Crippen molar-refractivity contribution in [1.82, 2.24) is 0 Å². The minimum Gasteiger partial charge on any atom is -0.360 e. The van der Waals surface area contributed by atoms with E-state index >= 15 is 0 Å². The third-order valence-corrected chi connectivity index (χ3v) is 1.53. The van der Waals surface area contributed by atoms with Gasteiger partial charge in [-0.2, -0.15) is 0 Å². The van der Waals surface area contributed by atoms with Gasteiger partial charge in [0, 0.05) is 0 Å². The topological polar surface area (TPSA) is 26.3 Å². The standard InChI is InChI=1S/C8H12O2/c1-6-7(9)4-5-8(2,3)10-6/h4-6H,1-3H3. The van der Waals surface area contributed by atoms with Gasteiger partial charge < -0.3 is 4.74 Å². The van der Waals surface area contributed by atoms with E-state index in [0.29, 0.717) is 0 Å². The molecule has 0 aliphatic carbocycles. The van der Waals surface area contributed by atoms with Crippen LogP contribution in [-0.4, -0.2) is 17.5 Å². The zero-order chi connectivity index (χ0) is 7.78. The number of carbonyl (C=O) groups is 1. The fraction of sp³-hybridized carbons (Fsp3) is 0.625. The van der Waals surface area contributed by atoms with Gasteiger partial charge in [-0.05, 0) is 32.9 Å². The Hall–Kier alpha value is -0.630. The van der Waals surface area contributed by atoms with Gasteiger partial charge >= 0.3 is 0 Å². The minimum atomic E-state index is -0.278. The van der Waals surface area contributed by atoms with Gasteiger partial charge in [0.25, 0.3) is 0 Å². The summed E-state index contributed by atoms with van der Waals surface area (Å²) in [6, 6.07) is 0. The highest BCUT2D eigenvalue weighted by Crippen LogP contribution is 2.18. The average Bonchev–Trinajstić information content (AvgIpc) is 1.79. The van der Waals surface area contributed by atoms with Gasteiger partial charge in [0.05, 0.1) is 5.60 Å². The van der Waals surface area contributed by atoms with Crippen molar-refractivity contribution in [2.45, 2.75) is 32.5 Å². The number of rotatable bonds is 0. The summed E-state index contributed by atoms with van der Waals surface area (Å²) in [4.78, 5) is 10.9. The molecule has 0 aromatic rings. The Morgan fingerprint density at radius 1 is 1.60 bits per heavy atom. The van der Waals surface area contributed by atoms with E-state index in [1.165, 1.54) is 0 Å². The molecule has 0 saturated carbocycles. The van der Waals surface area contributed by atoms with Gasteiger partial charge in [-0.15, -0.1) is 0 Å². The van der Waals surface area contributed by atoms with E-state index in [0.717, 1.165) is 0 Å². The van der Waals surface area contributed by atoms with E-state index in [1.807, 2.05) is 13.8 Å². The Kier molecular flexibility index (Phi) is 1.65. The summed E-state index contributed by atoms with van der Waals surface area (Å²) < 4.78 is 5.35. The molecule has 0 amide bonds. The van der Waals surface area contributed by atoms with Crippen molar-refractivity contribution < 1.29 is 9.53 Å². The molecule has 0 aromatic carbocycles. The smallest absolute Gasteiger partial charge is 0.183 e. The monoisotopic (exact) mass is 140 g/mol. The maximum absolute atomic E-state index is 10.9. The molecule has 1 aliphatic rings. The first-order valence-corrected chi connectivity index (χ1v) is 3.42. The highest BCUT2D eigenvalue weighted by Gasteiger charge is 2.26. The van der Waals surface area contributed by atoms with Crippen molar-refractivity contribution in [1.29, 1.82) is 0 Å². The van der Waals surface area contributed by atoms with Crippen LogP contribution in [-0.2, 0) is 9.53 Å². The Balaban J connectivity index is 2.78. The molecule has 1 rings (SSSR count). The second-order valence-electron chi connectivity index (χ2n) is 3.10. The number of hydrogen-bond donors (Lipinski definition) is 0. The Labute approximate surface area is 60.9 Å². The van der Waals surface area contributed by atoms with Crippen LogP contribution in [0.5, 0.6) is 0 Å². The maximum Gasteiger partial charge on any atom is 0.183 e. The lowest BCUT2D eigenvalue weighted by molar-refractivity contribution is -0.133. The van der Waals surface area contributed by atoms with Crippen LogP contribution >= 0.6 is 0 Å². The molecule has 1 aliphatic heterocycles. The summed E-state index contributed by atoms with van der Waals surface area (Å²) >= 11 is 0. The molecular weight excluding hydrogens is 128 g/mol. The molecule has 1 atom stereocenters. The third kappa shape index (κ3) is 1.45. The minimum absolute atomic E-state index is 0.0549. The van der Waals surface area contributed by atoms with Gasteiger partial charge in [-0.1, -0.05) is 0 Å². The molecule has 0 radical (unpaired) electrons. The second-order valence-corrected chi connectivity index (χ2v) is 3.10. The fourth-order valence-corrected chi connectivity index (χ4v) is 0.971. The van der Waals surface area contributed by atoms with E-state index in [2.05, 4.69) is 0 Å². The molecule has 0 bridgehead atoms. The van der Waals surface area contributed by atoms with Crippen LogP contribution in [0.3, 0.4) is 0 Å². The van der Waals surface area contributed by atoms with Gasteiger partial charge in [0.2, 0.25) is 0 Å². The van der Waals surface area contributed by atoms with Gasteiger partial charge in [-0.3, -0.25) is 4.79 Å². The third-order valence-electron chi connectivity index (χ3n) is 1.53. The molecule has 56 valence electrons. The Bertz CT molecular complexity index is 180. The molecule has 2 nitrogen and oxygen atoms in total. The van der Waals surface area contributed by atoms with Crippen LogP contribution in [0.1, 0.15) is 20.8 Å². The van der Waals surface area contributed by atoms with Crippen LogP contribution in [0, 0.1) is 0 Å². The summed E-state index contributed by atoms with van der Waals surface area (Å²) in [5.74, 6) is 0.0549. The predicted octanol–water partition coefficient (Wildman–Crippen LogP) is 1.31. The van der Waals surface area contributed by atoms with E-state index < -0.39 is 0 Å². The molecule has 10 heavy (non-hydrogen) atoms. The highest BCUT2D eigenvalue weighted by molar-refractivity contribution is 5.94. The molecule has 0 fully saturated rings. The quantitative estimate of drug-likeness (QED) is 0.507. The van der Waals surface area contributed by atoms with Gasteiger partial charge in [0.15, 0.2) is 5.78 Å². The first-order chi connectivity index (χ1) is 4.51. The molecule has 0 aromatic heterocycles. The normalized spacial score (nSPS) is 30.7. The summed E-state index contributed by atoms with van der Waals surface area (Å²) in [6.07, 6.45) is 3.10. The van der Waals surface area contributed by atoms with Gasteiger partial charge in [-0.25, -0.2) is 0 Å². The van der Waals surface area contributed by atoms with Crippen molar-refractivity contribution in [3.63, 3.8) is 0 Å². The van der Waals surface area contributed by atoms with E-state index in [9.17, 15) is 4.79 Å². The van der Waals surface area contributed by atoms with Crippen LogP contribution in [0.4, 0.5) is 0 Å². The zero-order valence-corrected chi connectivity index (χ0v) is 6.55. The number of ketones is 1. The SMILES string of the molecule is CC1OC(C)(C)C=CC1=O. The number of hydrogen-bond acceptors (Lipinski definition) is 2. The molecule has 1 unspecified atom stereocenters. The van der Waals surface area contributed by atoms with Crippen LogP contribution in [0.15, 0.2) is 12.2 Å². The Morgan fingerprint density at radius 3 is 2.60 bits per heavy atom. The van der Waals surface area contributed by atoms with Crippen molar-refractivity contribution >= 4 is 5.78 Å². The van der Waals surface area contributed by atoms with Crippen molar-refractivity contribution in [2.75, 3.05) is 0 Å². The molecule has 0 saturated heterocycles.